The van der Waals surface area contributed by atoms with E-state index >= 15 is 0 Å². The topological polar surface area (TPSA) is 99.6 Å². The third-order valence-electron chi connectivity index (χ3n) is 6.61. The van der Waals surface area contributed by atoms with Crippen molar-refractivity contribution in [2.75, 3.05) is 0 Å². The van der Waals surface area contributed by atoms with Gasteiger partial charge in [-0.1, -0.05) is 67.3 Å². The molecule has 1 aromatic heterocycles. The first kappa shape index (κ1) is 24.6. The van der Waals surface area contributed by atoms with Crippen LogP contribution < -0.4 is 10.3 Å². The number of nitrogens with zero attached hydrogens (tertiary/aromatic N) is 4. The number of aromatic nitrogens is 2. The van der Waals surface area contributed by atoms with Gasteiger partial charge >= 0.3 is 5.69 Å². The van der Waals surface area contributed by atoms with Crippen molar-refractivity contribution < 1.29 is 9.66 Å². The number of benzene rings is 3. The number of rotatable bonds is 7. The zero-order valence-corrected chi connectivity index (χ0v) is 20.8. The van der Waals surface area contributed by atoms with Crippen LogP contribution in [0.15, 0.2) is 76.6 Å². The zero-order chi connectivity index (χ0) is 25.8. The van der Waals surface area contributed by atoms with Crippen LogP contribution in [-0.4, -0.2) is 20.8 Å². The fraction of sp³-hybridized carbons (Fsp3) is 0.250. The largest absolute Gasteiger partial charge is 0.481 e. The molecule has 0 unspecified atom stereocenters. The number of nitro groups is 1. The third-order valence-corrected chi connectivity index (χ3v) is 6.98. The van der Waals surface area contributed by atoms with Gasteiger partial charge in [0.05, 0.1) is 22.0 Å². The average Bonchev–Trinajstić information content (AvgIpc) is 2.92. The molecule has 0 atom stereocenters. The van der Waals surface area contributed by atoms with Gasteiger partial charge in [0.25, 0.3) is 5.56 Å². The van der Waals surface area contributed by atoms with Crippen LogP contribution in [0.5, 0.6) is 5.75 Å². The summed E-state index contributed by atoms with van der Waals surface area (Å²) in [6.45, 7) is 0.0379. The summed E-state index contributed by atoms with van der Waals surface area (Å²) >= 11 is 6.24. The van der Waals surface area contributed by atoms with Crippen molar-refractivity contribution in [3.63, 3.8) is 0 Å². The van der Waals surface area contributed by atoms with Gasteiger partial charge in [-0.25, -0.2) is 4.98 Å². The fourth-order valence-corrected chi connectivity index (χ4v) is 4.90. The quantitative estimate of drug-likeness (QED) is 0.159. The molecule has 1 aliphatic rings. The minimum Gasteiger partial charge on any atom is -0.481 e. The molecule has 5 rings (SSSR count). The van der Waals surface area contributed by atoms with E-state index in [1.54, 1.807) is 42.5 Å². The van der Waals surface area contributed by atoms with Gasteiger partial charge in [-0.3, -0.25) is 14.9 Å². The second-order valence-electron chi connectivity index (χ2n) is 9.02. The lowest BCUT2D eigenvalue weighted by atomic mass is 9.88. The van der Waals surface area contributed by atoms with Gasteiger partial charge < -0.3 is 4.74 Å². The summed E-state index contributed by atoms with van der Waals surface area (Å²) in [7, 11) is 0. The van der Waals surface area contributed by atoms with Crippen LogP contribution in [0.25, 0.3) is 10.9 Å². The van der Waals surface area contributed by atoms with Gasteiger partial charge in [-0.15, -0.1) is 0 Å². The molecule has 0 radical (unpaired) electrons. The van der Waals surface area contributed by atoms with E-state index in [0.29, 0.717) is 32.9 Å². The highest BCUT2D eigenvalue weighted by Gasteiger charge is 2.23. The first-order valence-electron chi connectivity index (χ1n) is 12.2. The molecule has 1 saturated carbocycles. The fourth-order valence-electron chi connectivity index (χ4n) is 4.71. The van der Waals surface area contributed by atoms with Crippen LogP contribution in [0.1, 0.15) is 55.0 Å². The average molecular weight is 517 g/mol. The molecule has 0 N–H and O–H groups in total. The summed E-state index contributed by atoms with van der Waals surface area (Å²) in [6.07, 6.45) is 6.60. The van der Waals surface area contributed by atoms with Gasteiger partial charge in [0, 0.05) is 28.1 Å². The molecule has 8 nitrogen and oxygen atoms in total. The van der Waals surface area contributed by atoms with Crippen molar-refractivity contribution in [1.29, 1.82) is 0 Å². The van der Waals surface area contributed by atoms with Crippen molar-refractivity contribution in [2.24, 2.45) is 5.10 Å². The van der Waals surface area contributed by atoms with Crippen molar-refractivity contribution in [2.45, 2.75) is 44.6 Å². The maximum atomic E-state index is 13.5. The second-order valence-corrected chi connectivity index (χ2v) is 9.42. The molecule has 0 aliphatic heterocycles. The highest BCUT2D eigenvalue weighted by atomic mass is 35.5. The number of ether oxygens (including phenoxy) is 1. The number of para-hydroxylation sites is 2. The van der Waals surface area contributed by atoms with E-state index in [2.05, 4.69) is 5.10 Å². The Labute approximate surface area is 218 Å². The highest BCUT2D eigenvalue weighted by molar-refractivity contribution is 6.31. The lowest BCUT2D eigenvalue weighted by Crippen LogP contribution is -2.25. The van der Waals surface area contributed by atoms with E-state index in [0.717, 1.165) is 32.1 Å². The summed E-state index contributed by atoms with van der Waals surface area (Å²) in [4.78, 5) is 29.6. The van der Waals surface area contributed by atoms with Crippen LogP contribution in [0, 0.1) is 10.1 Å². The smallest absolute Gasteiger partial charge is 0.311 e. The van der Waals surface area contributed by atoms with Gasteiger partial charge in [0.15, 0.2) is 0 Å². The van der Waals surface area contributed by atoms with Crippen molar-refractivity contribution in [1.82, 2.24) is 9.66 Å². The maximum absolute atomic E-state index is 13.5. The summed E-state index contributed by atoms with van der Waals surface area (Å²) in [5, 5.41) is 17.3. The molecule has 1 fully saturated rings. The second kappa shape index (κ2) is 10.9. The van der Waals surface area contributed by atoms with E-state index in [1.807, 2.05) is 18.2 Å². The molecule has 37 heavy (non-hydrogen) atoms. The molecule has 1 aliphatic carbocycles. The van der Waals surface area contributed by atoms with E-state index in [4.69, 9.17) is 21.3 Å². The van der Waals surface area contributed by atoms with Gasteiger partial charge in [-0.05, 0) is 37.1 Å². The summed E-state index contributed by atoms with van der Waals surface area (Å²) in [5.74, 6) is 0.782. The van der Waals surface area contributed by atoms with Crippen LogP contribution in [0.2, 0.25) is 5.02 Å². The number of halogens is 1. The number of nitro benzene ring substituents is 1. The van der Waals surface area contributed by atoms with Crippen LogP contribution >= 0.6 is 11.6 Å². The third kappa shape index (κ3) is 5.24. The highest BCUT2D eigenvalue weighted by Crippen LogP contribution is 2.33. The lowest BCUT2D eigenvalue weighted by Gasteiger charge is -2.22. The molecule has 0 bridgehead atoms. The number of hydrogen-bond donors (Lipinski definition) is 0. The normalized spacial score (nSPS) is 14.3. The minimum atomic E-state index is -0.503. The standard InChI is InChI=1S/C28H25ClN4O4/c29-23-14-6-4-11-21(23)18-37-26-20(12-8-16-25(26)33(35)36)17-30-32-27(19-9-2-1-3-10-19)31-24-15-7-5-13-22(24)28(32)34/h4-8,11-17,19H,1-3,9-10,18H2. The van der Waals surface area contributed by atoms with E-state index in [1.165, 1.54) is 17.0 Å². The Kier molecular flexibility index (Phi) is 7.28. The Morgan fingerprint density at radius 1 is 1.05 bits per heavy atom. The Balaban J connectivity index is 1.58. The molecule has 0 amide bonds. The van der Waals surface area contributed by atoms with Crippen molar-refractivity contribution in [3.8, 4) is 5.75 Å². The van der Waals surface area contributed by atoms with Crippen LogP contribution in [-0.2, 0) is 6.61 Å². The molecular formula is C28H25ClN4O4. The minimum absolute atomic E-state index is 0.0379. The number of hydrogen-bond acceptors (Lipinski definition) is 6. The first-order valence-corrected chi connectivity index (χ1v) is 12.6. The Morgan fingerprint density at radius 3 is 2.59 bits per heavy atom. The molecule has 3 aromatic carbocycles. The predicted molar refractivity (Wildman–Crippen MR) is 144 cm³/mol. The maximum Gasteiger partial charge on any atom is 0.311 e. The molecule has 0 saturated heterocycles. The van der Waals surface area contributed by atoms with E-state index in [-0.39, 0.29) is 29.5 Å². The molecule has 188 valence electrons. The van der Waals surface area contributed by atoms with Crippen LogP contribution in [0.4, 0.5) is 5.69 Å². The first-order chi connectivity index (χ1) is 18.0. The molecule has 0 spiro atoms. The van der Waals surface area contributed by atoms with Crippen molar-refractivity contribution in [3.05, 3.63) is 109 Å². The predicted octanol–water partition coefficient (Wildman–Crippen LogP) is 6.47. The van der Waals surface area contributed by atoms with E-state index in [9.17, 15) is 14.9 Å². The van der Waals surface area contributed by atoms with Gasteiger partial charge in [0.1, 0.15) is 12.4 Å². The summed E-state index contributed by atoms with van der Waals surface area (Å²) < 4.78 is 7.25. The van der Waals surface area contributed by atoms with Gasteiger partial charge in [0.2, 0.25) is 5.75 Å². The SMILES string of the molecule is O=c1c2ccccc2nc(C2CCCCC2)n1N=Cc1cccc([N+](=O)[O-])c1OCc1ccccc1Cl. The molecule has 4 aromatic rings. The molecule has 1 heterocycles. The summed E-state index contributed by atoms with van der Waals surface area (Å²) in [6, 6.07) is 19.0. The molecule has 9 heteroatoms. The monoisotopic (exact) mass is 516 g/mol. The van der Waals surface area contributed by atoms with E-state index < -0.39 is 4.92 Å². The summed E-state index contributed by atoms with van der Waals surface area (Å²) in [5.41, 5.74) is 1.23. The van der Waals surface area contributed by atoms with Gasteiger partial charge in [-0.2, -0.15) is 9.78 Å². The van der Waals surface area contributed by atoms with Crippen LogP contribution in [0.3, 0.4) is 0 Å². The number of fused-ring (bicyclic) bond motifs is 1. The molecular weight excluding hydrogens is 492 g/mol. The lowest BCUT2D eigenvalue weighted by molar-refractivity contribution is -0.385. The Hall–Kier alpha value is -4.04. The Bertz CT molecular complexity index is 1540. The Morgan fingerprint density at radius 2 is 1.81 bits per heavy atom. The zero-order valence-electron chi connectivity index (χ0n) is 20.0. The van der Waals surface area contributed by atoms with Crippen molar-refractivity contribution >= 4 is 34.4 Å².